The van der Waals surface area contributed by atoms with Crippen molar-refractivity contribution in [3.05, 3.63) is 58.0 Å². The van der Waals surface area contributed by atoms with Crippen molar-refractivity contribution in [2.75, 3.05) is 13.2 Å². The molecule has 0 radical (unpaired) electrons. The fraction of sp³-hybridized carbons (Fsp3) is 0.556. The molecule has 180 valence electrons. The van der Waals surface area contributed by atoms with E-state index in [1.54, 1.807) is 13.0 Å². The predicted octanol–water partition coefficient (Wildman–Crippen LogP) is 4.61. The van der Waals surface area contributed by atoms with Crippen molar-refractivity contribution in [1.82, 2.24) is 10.6 Å². The Morgan fingerprint density at radius 2 is 1.55 bits per heavy atom. The molecule has 1 atom stereocenters. The minimum atomic E-state index is -0.513. The molecule has 3 aliphatic rings. The van der Waals surface area contributed by atoms with E-state index in [-0.39, 0.29) is 23.0 Å². The molecule has 1 saturated heterocycles. The average molecular weight is 455 g/mol. The summed E-state index contributed by atoms with van der Waals surface area (Å²) in [6.45, 7) is 17.1. The van der Waals surface area contributed by atoms with Crippen LogP contribution in [0.1, 0.15) is 68.2 Å². The van der Waals surface area contributed by atoms with Crippen molar-refractivity contribution < 1.29 is 19.1 Å². The van der Waals surface area contributed by atoms with Crippen molar-refractivity contribution in [2.24, 2.45) is 5.41 Å². The van der Waals surface area contributed by atoms with E-state index >= 15 is 0 Å². The van der Waals surface area contributed by atoms with Crippen LogP contribution in [-0.2, 0) is 19.1 Å². The van der Waals surface area contributed by atoms with E-state index in [0.717, 1.165) is 24.1 Å². The fourth-order valence-electron chi connectivity index (χ4n) is 5.45. The number of ether oxygens (including phenoxy) is 2. The molecule has 1 aliphatic carbocycles. The van der Waals surface area contributed by atoms with Gasteiger partial charge in [0.05, 0.1) is 18.6 Å². The average Bonchev–Trinajstić information content (AvgIpc) is 2.84. The molecule has 1 spiro atoms. The summed E-state index contributed by atoms with van der Waals surface area (Å²) < 4.78 is 10.5. The Kier molecular flexibility index (Phi) is 6.69. The van der Waals surface area contributed by atoms with Gasteiger partial charge in [-0.1, -0.05) is 11.6 Å². The minimum Gasteiger partial charge on any atom is -0.463 e. The third-order valence-corrected chi connectivity index (χ3v) is 6.52. The molecule has 6 heteroatoms. The van der Waals surface area contributed by atoms with Gasteiger partial charge in [0.25, 0.3) is 0 Å². The molecular formula is C27H38N2O4. The van der Waals surface area contributed by atoms with Crippen molar-refractivity contribution in [1.29, 1.82) is 0 Å². The summed E-state index contributed by atoms with van der Waals surface area (Å²) in [5.41, 5.74) is 5.25. The second-order valence-corrected chi connectivity index (χ2v) is 10.5. The van der Waals surface area contributed by atoms with Crippen LogP contribution in [0.25, 0.3) is 0 Å². The molecule has 1 unspecified atom stereocenters. The Balaban J connectivity index is 2.28. The van der Waals surface area contributed by atoms with E-state index in [4.69, 9.17) is 9.47 Å². The molecule has 0 amide bonds. The van der Waals surface area contributed by atoms with Gasteiger partial charge >= 0.3 is 11.9 Å². The lowest BCUT2D eigenvalue weighted by atomic mass is 9.62. The smallest absolute Gasteiger partial charge is 0.332 e. The second kappa shape index (κ2) is 8.88. The highest BCUT2D eigenvalue weighted by molar-refractivity contribution is 5.85. The van der Waals surface area contributed by atoms with Crippen LogP contribution in [-0.4, -0.2) is 36.2 Å². The molecular weight excluding hydrogens is 416 g/mol. The molecule has 2 aliphatic heterocycles. The van der Waals surface area contributed by atoms with Crippen LogP contribution in [0.5, 0.6) is 0 Å². The summed E-state index contributed by atoms with van der Waals surface area (Å²) in [5.74, 6) is -0.728. The van der Waals surface area contributed by atoms with Gasteiger partial charge in [0.1, 0.15) is 0 Å². The molecule has 3 rings (SSSR count). The van der Waals surface area contributed by atoms with Gasteiger partial charge in [0, 0.05) is 34.6 Å². The topological polar surface area (TPSA) is 76.7 Å². The van der Waals surface area contributed by atoms with Crippen molar-refractivity contribution in [3.8, 4) is 0 Å². The van der Waals surface area contributed by atoms with Gasteiger partial charge in [-0.25, -0.2) is 9.59 Å². The van der Waals surface area contributed by atoms with Crippen LogP contribution in [0.4, 0.5) is 0 Å². The van der Waals surface area contributed by atoms with E-state index < -0.39 is 5.41 Å². The molecule has 33 heavy (non-hydrogen) atoms. The predicted molar refractivity (Wildman–Crippen MR) is 130 cm³/mol. The third-order valence-electron chi connectivity index (χ3n) is 6.52. The maximum absolute atomic E-state index is 12.5. The van der Waals surface area contributed by atoms with E-state index in [9.17, 15) is 9.59 Å². The molecule has 0 aromatic carbocycles. The van der Waals surface area contributed by atoms with Gasteiger partial charge < -0.3 is 20.1 Å². The highest BCUT2D eigenvalue weighted by Crippen LogP contribution is 2.58. The summed E-state index contributed by atoms with van der Waals surface area (Å²) in [6.07, 6.45) is 9.01. The van der Waals surface area contributed by atoms with Crippen LogP contribution in [0, 0.1) is 5.41 Å². The van der Waals surface area contributed by atoms with Crippen molar-refractivity contribution in [3.63, 3.8) is 0 Å². The SMILES string of the molecule is CCOC(=O)/C=C1/C=C2C(=C(C)C=C(C)C23CC(C)(C)N/C3=C\C(=O)OCC)CC(C)(C)N1. The molecule has 0 aromatic rings. The molecule has 6 nitrogen and oxygen atoms in total. The molecule has 2 heterocycles. The quantitative estimate of drug-likeness (QED) is 0.477. The highest BCUT2D eigenvalue weighted by atomic mass is 16.5. The lowest BCUT2D eigenvalue weighted by molar-refractivity contribution is -0.138. The second-order valence-electron chi connectivity index (χ2n) is 10.5. The summed E-state index contributed by atoms with van der Waals surface area (Å²) >= 11 is 0. The summed E-state index contributed by atoms with van der Waals surface area (Å²) in [7, 11) is 0. The maximum Gasteiger partial charge on any atom is 0.332 e. The zero-order chi connectivity index (χ0) is 24.6. The van der Waals surface area contributed by atoms with E-state index in [1.807, 2.05) is 6.92 Å². The highest BCUT2D eigenvalue weighted by Gasteiger charge is 2.53. The Bertz CT molecular complexity index is 1010. The fourth-order valence-corrected chi connectivity index (χ4v) is 5.45. The van der Waals surface area contributed by atoms with E-state index in [1.165, 1.54) is 22.8 Å². The molecule has 1 fully saturated rings. The van der Waals surface area contributed by atoms with Crippen molar-refractivity contribution >= 4 is 11.9 Å². The lowest BCUT2D eigenvalue weighted by Gasteiger charge is -2.40. The number of carbonyl (C=O) groups excluding carboxylic acids is 2. The standard InChI is InChI=1S/C27H38N2O4/c1-9-32-23(30)13-19-12-21-20(15-25(5,6)28-19)17(3)11-18(4)27(21)16-26(7,8)29-22(27)14-24(31)33-10-2/h11-14,28-29H,9-10,15-16H2,1-8H3/b19-13-,22-14-. The van der Waals surface area contributed by atoms with Crippen molar-refractivity contribution in [2.45, 2.75) is 79.3 Å². The van der Waals surface area contributed by atoms with Crippen LogP contribution >= 0.6 is 0 Å². The van der Waals surface area contributed by atoms with Crippen LogP contribution < -0.4 is 10.6 Å². The zero-order valence-corrected chi connectivity index (χ0v) is 21.3. The third kappa shape index (κ3) is 4.94. The number of esters is 2. The van der Waals surface area contributed by atoms with Gasteiger partial charge in [0.2, 0.25) is 0 Å². The number of nitrogens with one attached hydrogen (secondary N) is 2. The van der Waals surface area contributed by atoms with Gasteiger partial charge in [-0.2, -0.15) is 0 Å². The van der Waals surface area contributed by atoms with Gasteiger partial charge in [-0.15, -0.1) is 0 Å². The number of allylic oxidation sites excluding steroid dienone is 4. The molecule has 0 bridgehead atoms. The molecule has 2 N–H and O–H groups in total. The zero-order valence-electron chi connectivity index (χ0n) is 21.3. The van der Waals surface area contributed by atoms with Gasteiger partial charge in [-0.3, -0.25) is 0 Å². The minimum absolute atomic E-state index is 0.231. The van der Waals surface area contributed by atoms with Crippen LogP contribution in [0.3, 0.4) is 0 Å². The number of hydrogen-bond acceptors (Lipinski definition) is 6. The molecule has 0 aromatic heterocycles. The monoisotopic (exact) mass is 454 g/mol. The number of fused-ring (bicyclic) bond motifs is 2. The number of rotatable bonds is 4. The summed E-state index contributed by atoms with van der Waals surface area (Å²) in [6, 6.07) is 0. The van der Waals surface area contributed by atoms with Crippen LogP contribution in [0.15, 0.2) is 58.0 Å². The number of hydrogen-bond donors (Lipinski definition) is 2. The first-order valence-electron chi connectivity index (χ1n) is 11.8. The molecule has 0 saturated carbocycles. The number of carbonyl (C=O) groups is 2. The summed E-state index contributed by atoms with van der Waals surface area (Å²) in [5, 5.41) is 7.13. The Morgan fingerprint density at radius 1 is 0.939 bits per heavy atom. The first-order valence-corrected chi connectivity index (χ1v) is 11.8. The largest absolute Gasteiger partial charge is 0.463 e. The van der Waals surface area contributed by atoms with E-state index in [2.05, 4.69) is 64.3 Å². The maximum atomic E-state index is 12.5. The van der Waals surface area contributed by atoms with Crippen LogP contribution in [0.2, 0.25) is 0 Å². The normalized spacial score (nSPS) is 27.9. The van der Waals surface area contributed by atoms with Gasteiger partial charge in [-0.05, 0) is 91.0 Å². The Morgan fingerprint density at radius 3 is 2.15 bits per heavy atom. The Labute approximate surface area is 197 Å². The summed E-state index contributed by atoms with van der Waals surface area (Å²) in [4.78, 5) is 24.9. The van der Waals surface area contributed by atoms with Gasteiger partial charge in [0.15, 0.2) is 0 Å². The first-order chi connectivity index (χ1) is 15.3. The Hall–Kier alpha value is -2.76. The first kappa shape index (κ1) is 24.9. The lowest BCUT2D eigenvalue weighted by Crippen LogP contribution is -2.38. The van der Waals surface area contributed by atoms with E-state index in [0.29, 0.717) is 18.9 Å².